The lowest BCUT2D eigenvalue weighted by Gasteiger charge is -2.20. The quantitative estimate of drug-likeness (QED) is 0.173. The minimum atomic E-state index is 0.717. The Balaban J connectivity index is 1.22. The van der Waals surface area contributed by atoms with Crippen molar-refractivity contribution in [1.82, 2.24) is 15.0 Å². The Labute approximate surface area is 295 Å². The number of benzene rings is 5. The highest BCUT2D eigenvalue weighted by atomic mass is 16.3. The second kappa shape index (κ2) is 12.2. The monoisotopic (exact) mass is 655 g/mol. The van der Waals surface area contributed by atoms with Crippen molar-refractivity contribution in [2.75, 3.05) is 0 Å². The molecule has 0 bridgehead atoms. The number of allylic oxidation sites excluding steroid dienone is 8. The van der Waals surface area contributed by atoms with E-state index in [0.717, 1.165) is 98.1 Å². The maximum Gasteiger partial charge on any atom is 0.160 e. The van der Waals surface area contributed by atoms with Crippen molar-refractivity contribution in [3.63, 3.8) is 0 Å². The lowest BCUT2D eigenvalue weighted by atomic mass is 9.85. The Hall–Kier alpha value is -6.39. The van der Waals surface area contributed by atoms with E-state index < -0.39 is 0 Å². The molecule has 242 valence electrons. The minimum Gasteiger partial charge on any atom is -0.456 e. The smallest absolute Gasteiger partial charge is 0.160 e. The predicted molar refractivity (Wildman–Crippen MR) is 211 cm³/mol. The first kappa shape index (κ1) is 29.5. The molecule has 0 amide bonds. The van der Waals surface area contributed by atoms with Crippen LogP contribution in [-0.2, 0) is 0 Å². The van der Waals surface area contributed by atoms with E-state index in [0.29, 0.717) is 0 Å². The maximum atomic E-state index is 6.63. The fourth-order valence-corrected chi connectivity index (χ4v) is 7.83. The van der Waals surface area contributed by atoms with Crippen molar-refractivity contribution in [3.8, 4) is 22.6 Å². The van der Waals surface area contributed by atoms with Gasteiger partial charge in [0.25, 0.3) is 0 Å². The number of hydrogen-bond donors (Lipinski definition) is 0. The number of aromatic nitrogens is 3. The standard InChI is InChI=1S/C47H33N3O/c1-4-15-30(16-5-1)39-29-40(50-47(49-39)32-19-8-3-9-20-32)33-21-14-22-34(27-33)46-37-28-42-45(36-24-11-13-26-41(36)51-42)43(31-17-6-2-7-18-31)44(37)35-23-10-12-25-38(35)48-46/h1-6,8-13,15-17,19-21,23-29H,7,14,18,22H2. The van der Waals surface area contributed by atoms with Crippen LogP contribution in [0.2, 0.25) is 0 Å². The van der Waals surface area contributed by atoms with Gasteiger partial charge in [-0.25, -0.2) is 15.0 Å². The molecule has 0 saturated heterocycles. The summed E-state index contributed by atoms with van der Waals surface area (Å²) in [6.45, 7) is 0. The van der Waals surface area contributed by atoms with E-state index in [4.69, 9.17) is 19.4 Å². The second-order valence-corrected chi connectivity index (χ2v) is 13.3. The largest absolute Gasteiger partial charge is 0.456 e. The van der Waals surface area contributed by atoms with Gasteiger partial charge >= 0.3 is 0 Å². The summed E-state index contributed by atoms with van der Waals surface area (Å²) in [6, 6.07) is 42.0. The molecule has 5 aromatic carbocycles. The first-order valence-electron chi connectivity index (χ1n) is 17.7. The molecule has 3 heterocycles. The average Bonchev–Trinajstić information content (AvgIpc) is 3.59. The van der Waals surface area contributed by atoms with Crippen LogP contribution in [0.5, 0.6) is 0 Å². The van der Waals surface area contributed by atoms with Gasteiger partial charge in [0.05, 0.1) is 22.6 Å². The van der Waals surface area contributed by atoms with Gasteiger partial charge < -0.3 is 4.42 Å². The fraction of sp³-hybridized carbons (Fsp3) is 0.0851. The molecule has 4 nitrogen and oxygen atoms in total. The summed E-state index contributed by atoms with van der Waals surface area (Å²) in [4.78, 5) is 15.6. The summed E-state index contributed by atoms with van der Waals surface area (Å²) in [5.74, 6) is 0.717. The van der Waals surface area contributed by atoms with Gasteiger partial charge in [0.2, 0.25) is 0 Å². The number of nitrogens with zero attached hydrogens (tertiary/aromatic N) is 3. The zero-order chi connectivity index (χ0) is 33.7. The Kier molecular flexibility index (Phi) is 7.05. The van der Waals surface area contributed by atoms with Crippen LogP contribution in [-0.4, -0.2) is 15.0 Å². The SMILES string of the molecule is C1=CCCC(c2c3c(cc4c(C5=CC(c6cc(-c7ccccc7)nc(-c7ccccc7)n6)=CCC5)nc5ccccc5c24)oc2ccccc23)=C1. The molecule has 3 aromatic heterocycles. The molecule has 0 atom stereocenters. The number of para-hydroxylation sites is 2. The van der Waals surface area contributed by atoms with Crippen molar-refractivity contribution in [3.05, 3.63) is 169 Å². The molecule has 10 rings (SSSR count). The Morgan fingerprint density at radius 2 is 1.27 bits per heavy atom. The average molecular weight is 656 g/mol. The van der Waals surface area contributed by atoms with Gasteiger partial charge in [-0.1, -0.05) is 121 Å². The first-order valence-corrected chi connectivity index (χ1v) is 17.7. The summed E-state index contributed by atoms with van der Waals surface area (Å²) in [5.41, 5.74) is 12.6. The predicted octanol–water partition coefficient (Wildman–Crippen LogP) is 12.4. The van der Waals surface area contributed by atoms with Crippen LogP contribution in [0.1, 0.15) is 42.6 Å². The molecule has 0 radical (unpaired) electrons. The number of furan rings is 1. The van der Waals surface area contributed by atoms with Crippen LogP contribution in [0.3, 0.4) is 0 Å². The van der Waals surface area contributed by atoms with Gasteiger partial charge in [-0.15, -0.1) is 0 Å². The second-order valence-electron chi connectivity index (χ2n) is 13.3. The van der Waals surface area contributed by atoms with Crippen LogP contribution in [0.4, 0.5) is 0 Å². The van der Waals surface area contributed by atoms with Crippen molar-refractivity contribution in [2.45, 2.75) is 25.7 Å². The third kappa shape index (κ3) is 5.11. The zero-order valence-corrected chi connectivity index (χ0v) is 28.0. The van der Waals surface area contributed by atoms with E-state index >= 15 is 0 Å². The molecular formula is C47H33N3O. The van der Waals surface area contributed by atoms with Gasteiger partial charge in [-0.05, 0) is 78.3 Å². The van der Waals surface area contributed by atoms with Crippen LogP contribution >= 0.6 is 0 Å². The normalized spacial score (nSPS) is 14.6. The van der Waals surface area contributed by atoms with Crippen LogP contribution in [0.15, 0.2) is 156 Å². The van der Waals surface area contributed by atoms with E-state index in [1.165, 1.54) is 27.5 Å². The van der Waals surface area contributed by atoms with Gasteiger partial charge in [0, 0.05) is 38.1 Å². The highest BCUT2D eigenvalue weighted by molar-refractivity contribution is 6.24. The fourth-order valence-electron chi connectivity index (χ4n) is 7.83. The first-order chi connectivity index (χ1) is 25.3. The summed E-state index contributed by atoms with van der Waals surface area (Å²) in [7, 11) is 0. The summed E-state index contributed by atoms with van der Waals surface area (Å²) in [6.07, 6.45) is 15.1. The van der Waals surface area contributed by atoms with Gasteiger partial charge in [-0.2, -0.15) is 0 Å². The van der Waals surface area contributed by atoms with Crippen molar-refractivity contribution in [2.24, 2.45) is 0 Å². The summed E-state index contributed by atoms with van der Waals surface area (Å²) in [5, 5.41) is 5.86. The van der Waals surface area contributed by atoms with Gasteiger partial charge in [-0.3, -0.25) is 0 Å². The molecule has 0 N–H and O–H groups in total. The van der Waals surface area contributed by atoms with E-state index in [-0.39, 0.29) is 0 Å². The molecule has 0 aliphatic heterocycles. The molecule has 0 unspecified atom stereocenters. The topological polar surface area (TPSA) is 51.8 Å². The third-order valence-corrected chi connectivity index (χ3v) is 10.2. The van der Waals surface area contributed by atoms with E-state index in [2.05, 4.69) is 127 Å². The molecule has 0 saturated carbocycles. The lowest BCUT2D eigenvalue weighted by molar-refractivity contribution is 0.669. The third-order valence-electron chi connectivity index (χ3n) is 10.2. The van der Waals surface area contributed by atoms with Crippen molar-refractivity contribution < 1.29 is 4.42 Å². The molecule has 51 heavy (non-hydrogen) atoms. The van der Waals surface area contributed by atoms with E-state index in [1.54, 1.807) is 0 Å². The van der Waals surface area contributed by atoms with E-state index in [9.17, 15) is 0 Å². The summed E-state index contributed by atoms with van der Waals surface area (Å²) >= 11 is 0. The Morgan fingerprint density at radius 3 is 2.10 bits per heavy atom. The summed E-state index contributed by atoms with van der Waals surface area (Å²) < 4.78 is 6.63. The molecule has 4 heteroatoms. The van der Waals surface area contributed by atoms with Gasteiger partial charge in [0.15, 0.2) is 5.82 Å². The zero-order valence-electron chi connectivity index (χ0n) is 28.0. The molecule has 0 spiro atoms. The van der Waals surface area contributed by atoms with E-state index in [1.807, 2.05) is 24.3 Å². The molecule has 2 aliphatic rings. The van der Waals surface area contributed by atoms with Crippen LogP contribution < -0.4 is 0 Å². The number of rotatable bonds is 5. The lowest BCUT2D eigenvalue weighted by Crippen LogP contribution is -2.02. The molecule has 0 fully saturated rings. The minimum absolute atomic E-state index is 0.717. The maximum absolute atomic E-state index is 6.63. The Morgan fingerprint density at radius 1 is 0.549 bits per heavy atom. The number of hydrogen-bond acceptors (Lipinski definition) is 4. The highest BCUT2D eigenvalue weighted by Gasteiger charge is 2.24. The molecule has 8 aromatic rings. The molecule has 2 aliphatic carbocycles. The Bertz CT molecular complexity index is 2730. The van der Waals surface area contributed by atoms with Crippen LogP contribution in [0.25, 0.3) is 83.0 Å². The van der Waals surface area contributed by atoms with Crippen LogP contribution in [0, 0.1) is 0 Å². The van der Waals surface area contributed by atoms with Crippen molar-refractivity contribution in [1.29, 1.82) is 0 Å². The highest BCUT2D eigenvalue weighted by Crippen LogP contribution is 2.46. The van der Waals surface area contributed by atoms with Crippen molar-refractivity contribution >= 4 is 60.3 Å². The van der Waals surface area contributed by atoms with Gasteiger partial charge in [0.1, 0.15) is 11.2 Å². The number of fused-ring (bicyclic) bond motifs is 6. The number of pyridine rings is 1. The molecular weight excluding hydrogens is 623 g/mol.